The molecule has 0 saturated carbocycles. The van der Waals surface area contributed by atoms with Gasteiger partial charge in [0.1, 0.15) is 0 Å². The van der Waals surface area contributed by atoms with Crippen molar-refractivity contribution in [2.75, 3.05) is 19.8 Å². The third kappa shape index (κ3) is 2.77. The molecule has 0 aromatic carbocycles. The first-order chi connectivity index (χ1) is 5.34. The predicted molar refractivity (Wildman–Crippen MR) is 45.0 cm³/mol. The average Bonchev–Trinajstić information content (AvgIpc) is 2.03. The van der Waals surface area contributed by atoms with Gasteiger partial charge in [-0.25, -0.2) is 5.01 Å². The molecule has 1 aliphatic heterocycles. The first kappa shape index (κ1) is 8.97. The zero-order valence-electron chi connectivity index (χ0n) is 7.25. The van der Waals surface area contributed by atoms with Crippen LogP contribution in [0.5, 0.6) is 0 Å². The van der Waals surface area contributed by atoms with Crippen LogP contribution in [0.3, 0.4) is 0 Å². The van der Waals surface area contributed by atoms with Gasteiger partial charge in [-0.3, -0.25) is 5.84 Å². The fourth-order valence-electron chi connectivity index (χ4n) is 1.36. The van der Waals surface area contributed by atoms with Crippen molar-refractivity contribution in [1.82, 2.24) is 5.01 Å². The molecule has 0 aromatic heterocycles. The number of nitrogens with zero attached hydrogens (tertiary/aromatic N) is 1. The number of rotatable bonds is 3. The highest BCUT2D eigenvalue weighted by atomic mass is 16.5. The van der Waals surface area contributed by atoms with Crippen LogP contribution >= 0.6 is 0 Å². The maximum absolute atomic E-state index is 5.77. The lowest BCUT2D eigenvalue weighted by molar-refractivity contribution is -0.0115. The van der Waals surface area contributed by atoms with Crippen molar-refractivity contribution in [3.63, 3.8) is 0 Å². The van der Waals surface area contributed by atoms with Crippen molar-refractivity contribution in [2.24, 2.45) is 5.84 Å². The Hall–Kier alpha value is -0.120. The standard InChI is InChI=1S/C8H18N2O/c1-2-3-4-8-7-11-6-5-10(8)9/h8H,2-7,9H2,1H3. The predicted octanol–water partition coefficient (Wildman–Crippen LogP) is 0.751. The van der Waals surface area contributed by atoms with Crippen molar-refractivity contribution >= 4 is 0 Å². The molecule has 3 heteroatoms. The molecule has 1 rings (SSSR count). The summed E-state index contributed by atoms with van der Waals surface area (Å²) in [7, 11) is 0. The fourth-order valence-corrected chi connectivity index (χ4v) is 1.36. The number of hydrazine groups is 1. The van der Waals surface area contributed by atoms with E-state index in [0.717, 1.165) is 19.8 Å². The molecule has 1 heterocycles. The van der Waals surface area contributed by atoms with Crippen LogP contribution < -0.4 is 5.84 Å². The fraction of sp³-hybridized carbons (Fsp3) is 1.00. The summed E-state index contributed by atoms with van der Waals surface area (Å²) in [4.78, 5) is 0. The van der Waals surface area contributed by atoms with Crippen LogP contribution in [0.25, 0.3) is 0 Å². The minimum Gasteiger partial charge on any atom is -0.378 e. The highest BCUT2D eigenvalue weighted by Gasteiger charge is 2.18. The lowest BCUT2D eigenvalue weighted by Crippen LogP contribution is -2.49. The Morgan fingerprint density at radius 2 is 2.45 bits per heavy atom. The molecule has 11 heavy (non-hydrogen) atoms. The zero-order valence-corrected chi connectivity index (χ0v) is 7.25. The van der Waals surface area contributed by atoms with Crippen LogP contribution in [0.4, 0.5) is 0 Å². The Morgan fingerprint density at radius 3 is 3.09 bits per heavy atom. The van der Waals surface area contributed by atoms with Gasteiger partial charge in [-0.15, -0.1) is 0 Å². The summed E-state index contributed by atoms with van der Waals surface area (Å²) in [6.45, 7) is 4.69. The van der Waals surface area contributed by atoms with Crippen LogP contribution in [0.2, 0.25) is 0 Å². The minimum absolute atomic E-state index is 0.462. The maximum Gasteiger partial charge on any atom is 0.0636 e. The molecule has 3 nitrogen and oxygen atoms in total. The highest BCUT2D eigenvalue weighted by Crippen LogP contribution is 2.09. The molecule has 0 aliphatic carbocycles. The largest absolute Gasteiger partial charge is 0.378 e. The first-order valence-electron chi connectivity index (χ1n) is 4.43. The van der Waals surface area contributed by atoms with Gasteiger partial charge in [-0.2, -0.15) is 0 Å². The summed E-state index contributed by atoms with van der Waals surface area (Å²) in [5.74, 6) is 5.77. The van der Waals surface area contributed by atoms with Crippen molar-refractivity contribution in [3.8, 4) is 0 Å². The Bertz CT molecular complexity index is 108. The second-order valence-corrected chi connectivity index (χ2v) is 3.11. The summed E-state index contributed by atoms with van der Waals surface area (Å²) in [6, 6.07) is 0.462. The smallest absolute Gasteiger partial charge is 0.0636 e. The molecule has 66 valence electrons. The molecule has 2 N–H and O–H groups in total. The van der Waals surface area contributed by atoms with E-state index in [1.165, 1.54) is 19.3 Å². The van der Waals surface area contributed by atoms with Gasteiger partial charge in [0.25, 0.3) is 0 Å². The van der Waals surface area contributed by atoms with Gasteiger partial charge < -0.3 is 4.74 Å². The highest BCUT2D eigenvalue weighted by molar-refractivity contribution is 4.70. The quantitative estimate of drug-likeness (QED) is 0.616. The number of nitrogens with two attached hydrogens (primary N) is 1. The molecule has 1 saturated heterocycles. The molecule has 1 atom stereocenters. The van der Waals surface area contributed by atoms with Crippen molar-refractivity contribution < 1.29 is 4.74 Å². The molecule has 1 fully saturated rings. The number of hydrogen-bond donors (Lipinski definition) is 1. The minimum atomic E-state index is 0.462. The number of hydrogen-bond acceptors (Lipinski definition) is 3. The van der Waals surface area contributed by atoms with Crippen molar-refractivity contribution in [3.05, 3.63) is 0 Å². The van der Waals surface area contributed by atoms with E-state index in [-0.39, 0.29) is 0 Å². The molecule has 1 unspecified atom stereocenters. The van der Waals surface area contributed by atoms with E-state index in [1.807, 2.05) is 5.01 Å². The Morgan fingerprint density at radius 1 is 1.64 bits per heavy atom. The number of morpholine rings is 1. The SMILES string of the molecule is CCCCC1COCCN1N. The molecule has 0 amide bonds. The lowest BCUT2D eigenvalue weighted by atomic mass is 10.1. The van der Waals surface area contributed by atoms with Gasteiger partial charge in [-0.05, 0) is 6.42 Å². The summed E-state index contributed by atoms with van der Waals surface area (Å²) in [5, 5.41) is 1.92. The zero-order chi connectivity index (χ0) is 8.10. The van der Waals surface area contributed by atoms with Gasteiger partial charge in [0.05, 0.1) is 13.2 Å². The number of unbranched alkanes of at least 4 members (excludes halogenated alkanes) is 1. The van der Waals surface area contributed by atoms with E-state index < -0.39 is 0 Å². The van der Waals surface area contributed by atoms with Crippen LogP contribution in [0.1, 0.15) is 26.2 Å². The van der Waals surface area contributed by atoms with E-state index >= 15 is 0 Å². The maximum atomic E-state index is 5.77. The third-order valence-corrected chi connectivity index (χ3v) is 2.16. The topological polar surface area (TPSA) is 38.5 Å². The van der Waals surface area contributed by atoms with Gasteiger partial charge in [0.15, 0.2) is 0 Å². The third-order valence-electron chi connectivity index (χ3n) is 2.16. The second-order valence-electron chi connectivity index (χ2n) is 3.11. The van der Waals surface area contributed by atoms with Crippen molar-refractivity contribution in [1.29, 1.82) is 0 Å². The molecular formula is C8H18N2O. The monoisotopic (exact) mass is 158 g/mol. The van der Waals surface area contributed by atoms with Gasteiger partial charge in [0.2, 0.25) is 0 Å². The molecule has 0 spiro atoms. The van der Waals surface area contributed by atoms with Crippen LogP contribution in [0.15, 0.2) is 0 Å². The van der Waals surface area contributed by atoms with E-state index in [2.05, 4.69) is 6.92 Å². The first-order valence-corrected chi connectivity index (χ1v) is 4.43. The van der Waals surface area contributed by atoms with E-state index in [9.17, 15) is 0 Å². The van der Waals surface area contributed by atoms with Gasteiger partial charge in [-0.1, -0.05) is 19.8 Å². The lowest BCUT2D eigenvalue weighted by Gasteiger charge is -2.31. The summed E-state index contributed by atoms with van der Waals surface area (Å²) >= 11 is 0. The van der Waals surface area contributed by atoms with Crippen LogP contribution in [-0.4, -0.2) is 30.8 Å². The van der Waals surface area contributed by atoms with E-state index in [4.69, 9.17) is 10.6 Å². The molecule has 0 aromatic rings. The van der Waals surface area contributed by atoms with Crippen LogP contribution in [0, 0.1) is 0 Å². The molecule has 0 bridgehead atoms. The Balaban J connectivity index is 2.18. The van der Waals surface area contributed by atoms with E-state index in [0.29, 0.717) is 6.04 Å². The number of ether oxygens (including phenoxy) is 1. The average molecular weight is 158 g/mol. The van der Waals surface area contributed by atoms with Crippen molar-refractivity contribution in [2.45, 2.75) is 32.2 Å². The van der Waals surface area contributed by atoms with Gasteiger partial charge in [0, 0.05) is 12.6 Å². The summed E-state index contributed by atoms with van der Waals surface area (Å²) in [6.07, 6.45) is 3.67. The normalized spacial score (nSPS) is 27.3. The Labute approximate surface area is 68.5 Å². The summed E-state index contributed by atoms with van der Waals surface area (Å²) in [5.41, 5.74) is 0. The molecular weight excluding hydrogens is 140 g/mol. The van der Waals surface area contributed by atoms with Gasteiger partial charge >= 0.3 is 0 Å². The molecule has 1 aliphatic rings. The van der Waals surface area contributed by atoms with E-state index in [1.54, 1.807) is 0 Å². The van der Waals surface area contributed by atoms with Crippen LogP contribution in [-0.2, 0) is 4.74 Å². The second kappa shape index (κ2) is 4.70. The molecule has 0 radical (unpaired) electrons. The summed E-state index contributed by atoms with van der Waals surface area (Å²) < 4.78 is 5.33. The Kier molecular flexibility index (Phi) is 3.83.